The molecule has 0 saturated heterocycles. The van der Waals surface area contributed by atoms with Crippen LogP contribution in [0.5, 0.6) is 5.75 Å². The predicted molar refractivity (Wildman–Crippen MR) is 102 cm³/mol. The van der Waals surface area contributed by atoms with Crippen molar-refractivity contribution in [3.63, 3.8) is 0 Å². The van der Waals surface area contributed by atoms with Crippen LogP contribution in [-0.2, 0) is 0 Å². The van der Waals surface area contributed by atoms with Gasteiger partial charge < -0.3 is 10.1 Å². The molecule has 0 aliphatic carbocycles. The third kappa shape index (κ3) is 2.02. The van der Waals surface area contributed by atoms with Crippen LogP contribution in [0.1, 0.15) is 0 Å². The number of nitrogens with zero attached hydrogens (tertiary/aromatic N) is 3. The van der Waals surface area contributed by atoms with E-state index in [1.54, 1.807) is 11.6 Å². The van der Waals surface area contributed by atoms with E-state index in [2.05, 4.69) is 15.6 Å². The number of para-hydroxylation sites is 1. The molecule has 0 aliphatic heterocycles. The molecule has 2 heterocycles. The van der Waals surface area contributed by atoms with Gasteiger partial charge in [0.15, 0.2) is 5.43 Å². The lowest BCUT2D eigenvalue weighted by atomic mass is 10.1. The number of ether oxygens (including phenoxy) is 1. The number of methoxy groups -OCH3 is 1. The van der Waals surface area contributed by atoms with Gasteiger partial charge in [-0.1, -0.05) is 17.3 Å². The van der Waals surface area contributed by atoms with Crippen molar-refractivity contribution in [2.75, 3.05) is 12.4 Å². The van der Waals surface area contributed by atoms with Crippen LogP contribution in [0.15, 0.2) is 65.5 Å². The van der Waals surface area contributed by atoms with E-state index in [9.17, 15) is 4.79 Å². The minimum atomic E-state index is -0.0305. The summed E-state index contributed by atoms with van der Waals surface area (Å²) in [5, 5.41) is 13.0. The molecule has 6 heteroatoms. The van der Waals surface area contributed by atoms with Crippen LogP contribution in [-0.4, -0.2) is 21.9 Å². The third-order valence-electron chi connectivity index (χ3n) is 4.58. The SMILES string of the molecule is COc1ccc(Nc2ccc3nnn4c5ccccc5c(=O)c2c34)cc1. The van der Waals surface area contributed by atoms with Crippen LogP contribution < -0.4 is 15.5 Å². The Morgan fingerprint density at radius 2 is 1.81 bits per heavy atom. The van der Waals surface area contributed by atoms with Gasteiger partial charge in [-0.15, -0.1) is 5.10 Å². The molecule has 0 fully saturated rings. The molecule has 26 heavy (non-hydrogen) atoms. The molecule has 5 rings (SSSR count). The summed E-state index contributed by atoms with van der Waals surface area (Å²) in [5.41, 5.74) is 3.75. The molecule has 6 nitrogen and oxygen atoms in total. The van der Waals surface area contributed by atoms with Crippen LogP contribution in [0.2, 0.25) is 0 Å². The van der Waals surface area contributed by atoms with Gasteiger partial charge in [-0.3, -0.25) is 4.79 Å². The molecule has 0 amide bonds. The van der Waals surface area contributed by atoms with E-state index < -0.39 is 0 Å². The number of fused-ring (bicyclic) bond motifs is 2. The normalized spacial score (nSPS) is 11.4. The van der Waals surface area contributed by atoms with Crippen LogP contribution in [0, 0.1) is 0 Å². The maximum Gasteiger partial charge on any atom is 0.199 e. The van der Waals surface area contributed by atoms with E-state index >= 15 is 0 Å². The number of aromatic nitrogens is 3. The van der Waals surface area contributed by atoms with Crippen molar-refractivity contribution in [3.8, 4) is 5.75 Å². The van der Waals surface area contributed by atoms with Crippen LogP contribution in [0.3, 0.4) is 0 Å². The van der Waals surface area contributed by atoms with E-state index in [4.69, 9.17) is 4.74 Å². The molecule has 0 unspecified atom stereocenters. The largest absolute Gasteiger partial charge is 0.497 e. The second-order valence-electron chi connectivity index (χ2n) is 6.06. The molecule has 0 spiro atoms. The van der Waals surface area contributed by atoms with Gasteiger partial charge in [0.1, 0.15) is 16.8 Å². The van der Waals surface area contributed by atoms with E-state index in [1.165, 1.54) is 0 Å². The van der Waals surface area contributed by atoms with E-state index in [-0.39, 0.29) is 5.43 Å². The molecule has 126 valence electrons. The standard InChI is InChI=1S/C20H14N4O2/c1-26-13-8-6-12(7-9-13)21-15-10-11-16-19-18(15)20(25)14-4-2-3-5-17(14)24(19)23-22-16/h2-11,21H,1H3. The second-order valence-corrected chi connectivity index (χ2v) is 6.06. The summed E-state index contributed by atoms with van der Waals surface area (Å²) in [5.74, 6) is 0.777. The second kappa shape index (κ2) is 5.42. The Balaban J connectivity index is 1.79. The molecule has 2 aromatic heterocycles. The highest BCUT2D eigenvalue weighted by molar-refractivity contribution is 6.07. The minimum absolute atomic E-state index is 0.0305. The van der Waals surface area contributed by atoms with Crippen molar-refractivity contribution in [2.45, 2.75) is 0 Å². The fraction of sp³-hybridized carbons (Fsp3) is 0.0500. The first-order chi connectivity index (χ1) is 12.8. The van der Waals surface area contributed by atoms with Gasteiger partial charge in [0.25, 0.3) is 0 Å². The van der Waals surface area contributed by atoms with Gasteiger partial charge in [0, 0.05) is 11.1 Å². The Kier molecular flexibility index (Phi) is 3.05. The summed E-state index contributed by atoms with van der Waals surface area (Å²) in [4.78, 5) is 13.2. The number of rotatable bonds is 3. The fourth-order valence-corrected chi connectivity index (χ4v) is 3.33. The zero-order valence-electron chi connectivity index (χ0n) is 13.9. The molecule has 3 aromatic carbocycles. The molecule has 0 atom stereocenters. The summed E-state index contributed by atoms with van der Waals surface area (Å²) >= 11 is 0. The number of hydrogen-bond acceptors (Lipinski definition) is 5. The summed E-state index contributed by atoms with van der Waals surface area (Å²) in [6, 6.07) is 18.7. The fourth-order valence-electron chi connectivity index (χ4n) is 3.33. The number of anilines is 2. The van der Waals surface area contributed by atoms with Gasteiger partial charge in [0.2, 0.25) is 0 Å². The monoisotopic (exact) mass is 342 g/mol. The van der Waals surface area contributed by atoms with Gasteiger partial charge in [-0.05, 0) is 48.5 Å². The highest BCUT2D eigenvalue weighted by Gasteiger charge is 2.17. The Morgan fingerprint density at radius 1 is 1.00 bits per heavy atom. The van der Waals surface area contributed by atoms with Crippen molar-refractivity contribution < 1.29 is 4.74 Å². The highest BCUT2D eigenvalue weighted by Crippen LogP contribution is 2.29. The van der Waals surface area contributed by atoms with Crippen LogP contribution >= 0.6 is 0 Å². The lowest BCUT2D eigenvalue weighted by Crippen LogP contribution is -2.09. The molecular formula is C20H14N4O2. The van der Waals surface area contributed by atoms with Crippen molar-refractivity contribution in [1.29, 1.82) is 0 Å². The van der Waals surface area contributed by atoms with Crippen molar-refractivity contribution in [3.05, 3.63) is 70.9 Å². The molecule has 1 N–H and O–H groups in total. The predicted octanol–water partition coefficient (Wildman–Crippen LogP) is 3.59. The summed E-state index contributed by atoms with van der Waals surface area (Å²) < 4.78 is 6.93. The maximum absolute atomic E-state index is 13.2. The molecular weight excluding hydrogens is 328 g/mol. The van der Waals surface area contributed by atoms with E-state index in [1.807, 2.05) is 60.7 Å². The molecule has 0 aliphatic rings. The molecule has 0 radical (unpaired) electrons. The number of nitrogens with one attached hydrogen (secondary N) is 1. The van der Waals surface area contributed by atoms with Gasteiger partial charge in [0.05, 0.1) is 23.7 Å². The molecule has 0 saturated carbocycles. The molecule has 5 aromatic rings. The topological polar surface area (TPSA) is 68.5 Å². The third-order valence-corrected chi connectivity index (χ3v) is 4.58. The lowest BCUT2D eigenvalue weighted by molar-refractivity contribution is 0.415. The number of benzene rings is 3. The average Bonchev–Trinajstić information content (AvgIpc) is 3.12. The Bertz CT molecular complexity index is 1310. The average molecular weight is 342 g/mol. The van der Waals surface area contributed by atoms with Crippen LogP contribution in [0.25, 0.3) is 27.3 Å². The maximum atomic E-state index is 13.2. The Labute approximate surface area is 148 Å². The summed E-state index contributed by atoms with van der Waals surface area (Å²) in [6.07, 6.45) is 0. The molecule has 0 bridgehead atoms. The van der Waals surface area contributed by atoms with Gasteiger partial charge >= 0.3 is 0 Å². The highest BCUT2D eigenvalue weighted by atomic mass is 16.5. The van der Waals surface area contributed by atoms with Crippen molar-refractivity contribution in [1.82, 2.24) is 14.8 Å². The van der Waals surface area contributed by atoms with E-state index in [0.29, 0.717) is 16.3 Å². The number of pyridine rings is 1. The number of hydrogen-bond donors (Lipinski definition) is 1. The zero-order chi connectivity index (χ0) is 17.7. The van der Waals surface area contributed by atoms with Crippen molar-refractivity contribution in [2.24, 2.45) is 0 Å². The quantitative estimate of drug-likeness (QED) is 0.508. The first-order valence-corrected chi connectivity index (χ1v) is 8.20. The van der Waals surface area contributed by atoms with Gasteiger partial charge in [-0.2, -0.15) is 0 Å². The zero-order valence-corrected chi connectivity index (χ0v) is 13.9. The summed E-state index contributed by atoms with van der Waals surface area (Å²) in [6.45, 7) is 0. The van der Waals surface area contributed by atoms with Crippen LogP contribution in [0.4, 0.5) is 11.4 Å². The Hall–Kier alpha value is -3.67. The first kappa shape index (κ1) is 14.7. The Morgan fingerprint density at radius 3 is 2.62 bits per heavy atom. The van der Waals surface area contributed by atoms with Crippen molar-refractivity contribution >= 4 is 38.7 Å². The summed E-state index contributed by atoms with van der Waals surface area (Å²) in [7, 11) is 1.63. The lowest BCUT2D eigenvalue weighted by Gasteiger charge is -2.11. The minimum Gasteiger partial charge on any atom is -0.497 e. The van der Waals surface area contributed by atoms with E-state index in [0.717, 1.165) is 28.2 Å². The first-order valence-electron chi connectivity index (χ1n) is 8.20. The smallest absolute Gasteiger partial charge is 0.199 e. The van der Waals surface area contributed by atoms with Gasteiger partial charge in [-0.25, -0.2) is 4.52 Å².